The summed E-state index contributed by atoms with van der Waals surface area (Å²) in [6, 6.07) is 15.5. The number of nitrogens with one attached hydrogen (secondary N) is 1. The maximum absolute atomic E-state index is 12.6. The van der Waals surface area contributed by atoms with E-state index in [0.29, 0.717) is 24.0 Å². The van der Waals surface area contributed by atoms with Gasteiger partial charge in [0.05, 0.1) is 40.9 Å². The van der Waals surface area contributed by atoms with Gasteiger partial charge in [0.2, 0.25) is 5.91 Å². The highest BCUT2D eigenvalue weighted by Crippen LogP contribution is 2.35. The number of morpholine rings is 1. The fraction of sp³-hybridized carbons (Fsp3) is 0.238. The lowest BCUT2D eigenvalue weighted by Gasteiger charge is -2.31. The largest absolute Gasteiger partial charge is 0.378 e. The third kappa shape index (κ3) is 4.24. The van der Waals surface area contributed by atoms with E-state index in [1.165, 1.54) is 11.8 Å². The van der Waals surface area contributed by atoms with Crippen LogP contribution < -0.4 is 10.2 Å². The van der Waals surface area contributed by atoms with E-state index in [1.807, 2.05) is 48.5 Å². The number of hydrogen-bond acceptors (Lipinski definition) is 5. The molecule has 1 aromatic heterocycles. The van der Waals surface area contributed by atoms with E-state index in [9.17, 15) is 4.79 Å². The molecule has 0 spiro atoms. The third-order valence-corrected chi connectivity index (χ3v) is 5.89. The number of hydrogen-bond donors (Lipinski definition) is 1. The zero-order valence-corrected chi connectivity index (χ0v) is 16.8. The number of nitrogens with zero attached hydrogens (tertiary/aromatic N) is 2. The first-order valence-corrected chi connectivity index (χ1v) is 10.5. The van der Waals surface area contributed by atoms with Gasteiger partial charge in [-0.3, -0.25) is 9.78 Å². The Morgan fingerprint density at radius 2 is 1.93 bits per heavy atom. The number of pyridine rings is 1. The smallest absolute Gasteiger partial charge is 0.234 e. The van der Waals surface area contributed by atoms with Crippen molar-refractivity contribution in [3.05, 3.63) is 59.8 Å². The first kappa shape index (κ1) is 19.1. The Balaban J connectivity index is 1.47. The second-order valence-corrected chi connectivity index (χ2v) is 7.83. The van der Waals surface area contributed by atoms with Gasteiger partial charge in [0.1, 0.15) is 0 Å². The van der Waals surface area contributed by atoms with Crippen molar-refractivity contribution in [2.24, 2.45) is 0 Å². The highest BCUT2D eigenvalue weighted by molar-refractivity contribution is 8.00. The number of thioether (sulfide) groups is 1. The van der Waals surface area contributed by atoms with Crippen LogP contribution in [0.2, 0.25) is 5.02 Å². The average Bonchev–Trinajstić information content (AvgIpc) is 2.73. The van der Waals surface area contributed by atoms with Gasteiger partial charge < -0.3 is 15.0 Å². The van der Waals surface area contributed by atoms with E-state index in [4.69, 9.17) is 16.3 Å². The van der Waals surface area contributed by atoms with E-state index in [0.717, 1.165) is 40.3 Å². The monoisotopic (exact) mass is 413 g/mol. The number of ether oxygens (including phenoxy) is 1. The van der Waals surface area contributed by atoms with Crippen molar-refractivity contribution in [1.82, 2.24) is 4.98 Å². The molecule has 1 aliphatic heterocycles. The van der Waals surface area contributed by atoms with Crippen LogP contribution in [0.15, 0.2) is 59.6 Å². The molecule has 1 saturated heterocycles. The van der Waals surface area contributed by atoms with Crippen molar-refractivity contribution in [2.75, 3.05) is 42.3 Å². The van der Waals surface area contributed by atoms with Crippen molar-refractivity contribution in [1.29, 1.82) is 0 Å². The van der Waals surface area contributed by atoms with Crippen LogP contribution in [0.1, 0.15) is 0 Å². The molecule has 28 heavy (non-hydrogen) atoms. The summed E-state index contributed by atoms with van der Waals surface area (Å²) in [6.45, 7) is 2.82. The van der Waals surface area contributed by atoms with Crippen molar-refractivity contribution >= 4 is 51.5 Å². The number of carbonyl (C=O) groups is 1. The van der Waals surface area contributed by atoms with Crippen LogP contribution in [0.25, 0.3) is 10.9 Å². The molecule has 3 aromatic rings. The minimum atomic E-state index is -0.0743. The van der Waals surface area contributed by atoms with Crippen LogP contribution in [0, 0.1) is 0 Å². The van der Waals surface area contributed by atoms with E-state index < -0.39 is 0 Å². The molecule has 7 heteroatoms. The Morgan fingerprint density at radius 3 is 2.79 bits per heavy atom. The average molecular weight is 414 g/mol. The minimum absolute atomic E-state index is 0.0743. The molecule has 0 aliphatic carbocycles. The van der Waals surface area contributed by atoms with Crippen molar-refractivity contribution < 1.29 is 9.53 Å². The Morgan fingerprint density at radius 1 is 1.14 bits per heavy atom. The van der Waals surface area contributed by atoms with Gasteiger partial charge in [0.15, 0.2) is 0 Å². The molecule has 0 unspecified atom stereocenters. The summed E-state index contributed by atoms with van der Waals surface area (Å²) in [5.41, 5.74) is 2.51. The van der Waals surface area contributed by atoms with Gasteiger partial charge in [0.25, 0.3) is 0 Å². The van der Waals surface area contributed by atoms with Crippen LogP contribution in [-0.4, -0.2) is 42.9 Å². The highest BCUT2D eigenvalue weighted by atomic mass is 35.5. The molecule has 2 aromatic carbocycles. The van der Waals surface area contributed by atoms with Gasteiger partial charge in [-0.1, -0.05) is 35.9 Å². The van der Waals surface area contributed by atoms with E-state index in [1.54, 1.807) is 6.20 Å². The Labute approximate surface area is 173 Å². The summed E-state index contributed by atoms with van der Waals surface area (Å²) in [4.78, 5) is 20.2. The van der Waals surface area contributed by atoms with Crippen molar-refractivity contribution in [3.63, 3.8) is 0 Å². The zero-order valence-electron chi connectivity index (χ0n) is 15.2. The number of anilines is 2. The first-order valence-electron chi connectivity index (χ1n) is 9.10. The number of amides is 1. The molecular formula is C21H20ClN3O2S. The molecule has 1 N–H and O–H groups in total. The number of rotatable bonds is 5. The van der Waals surface area contributed by atoms with Crippen molar-refractivity contribution in [2.45, 2.75) is 4.90 Å². The second kappa shape index (κ2) is 8.82. The van der Waals surface area contributed by atoms with Gasteiger partial charge >= 0.3 is 0 Å². The lowest BCUT2D eigenvalue weighted by atomic mass is 10.2. The summed E-state index contributed by atoms with van der Waals surface area (Å²) in [5.74, 6) is 0.222. The van der Waals surface area contributed by atoms with E-state index in [-0.39, 0.29) is 5.91 Å². The van der Waals surface area contributed by atoms with Crippen molar-refractivity contribution in [3.8, 4) is 0 Å². The fourth-order valence-corrected chi connectivity index (χ4v) is 4.38. The lowest BCUT2D eigenvalue weighted by Crippen LogP contribution is -2.37. The topological polar surface area (TPSA) is 54.5 Å². The highest BCUT2D eigenvalue weighted by Gasteiger charge is 2.19. The SMILES string of the molecule is O=C(CSc1cccc2cccnc12)Nc1cccc(Cl)c1N1CCOCC1. The number of halogens is 1. The lowest BCUT2D eigenvalue weighted by molar-refractivity contribution is -0.113. The van der Waals surface area contributed by atoms with Crippen LogP contribution >= 0.6 is 23.4 Å². The summed E-state index contributed by atoms with van der Waals surface area (Å²) < 4.78 is 5.42. The summed E-state index contributed by atoms with van der Waals surface area (Å²) in [7, 11) is 0. The van der Waals surface area contributed by atoms with Crippen LogP contribution in [0.3, 0.4) is 0 Å². The zero-order chi connectivity index (χ0) is 19.3. The molecule has 1 amide bonds. The quantitative estimate of drug-likeness (QED) is 0.626. The molecule has 0 bridgehead atoms. The molecule has 0 radical (unpaired) electrons. The van der Waals surface area contributed by atoms with Crippen LogP contribution in [0.4, 0.5) is 11.4 Å². The number of benzene rings is 2. The number of fused-ring (bicyclic) bond motifs is 1. The molecular weight excluding hydrogens is 394 g/mol. The second-order valence-electron chi connectivity index (χ2n) is 6.40. The molecule has 2 heterocycles. The minimum Gasteiger partial charge on any atom is -0.378 e. The molecule has 1 fully saturated rings. The molecule has 144 valence electrons. The maximum Gasteiger partial charge on any atom is 0.234 e. The van der Waals surface area contributed by atoms with Gasteiger partial charge in [-0.2, -0.15) is 0 Å². The van der Waals surface area contributed by atoms with E-state index >= 15 is 0 Å². The molecule has 5 nitrogen and oxygen atoms in total. The van der Waals surface area contributed by atoms with Crippen LogP contribution in [-0.2, 0) is 9.53 Å². The van der Waals surface area contributed by atoms with Gasteiger partial charge in [-0.25, -0.2) is 0 Å². The normalized spacial score (nSPS) is 14.2. The Kier molecular flexibility index (Phi) is 6.00. The van der Waals surface area contributed by atoms with Gasteiger partial charge in [-0.15, -0.1) is 11.8 Å². The van der Waals surface area contributed by atoms with Crippen LogP contribution in [0.5, 0.6) is 0 Å². The molecule has 4 rings (SSSR count). The standard InChI is InChI=1S/C21H20ClN3O2S/c22-16-6-2-7-17(21(16)25-10-12-27-13-11-25)24-19(26)14-28-18-8-1-4-15-5-3-9-23-20(15)18/h1-9H,10-14H2,(H,24,26). The third-order valence-electron chi connectivity index (χ3n) is 4.54. The number of carbonyl (C=O) groups excluding carboxylic acids is 1. The number of aromatic nitrogens is 1. The molecule has 1 aliphatic rings. The maximum atomic E-state index is 12.6. The predicted octanol–water partition coefficient (Wildman–Crippen LogP) is 4.46. The molecule has 0 atom stereocenters. The number of para-hydroxylation sites is 2. The predicted molar refractivity (Wildman–Crippen MR) is 116 cm³/mol. The summed E-state index contributed by atoms with van der Waals surface area (Å²) in [5, 5.41) is 4.72. The molecule has 0 saturated carbocycles. The Bertz CT molecular complexity index is 987. The fourth-order valence-electron chi connectivity index (χ4n) is 3.25. The Hall–Kier alpha value is -2.28. The summed E-state index contributed by atoms with van der Waals surface area (Å²) in [6.07, 6.45) is 1.77. The van der Waals surface area contributed by atoms with E-state index in [2.05, 4.69) is 15.2 Å². The van der Waals surface area contributed by atoms with Gasteiger partial charge in [-0.05, 0) is 24.3 Å². The van der Waals surface area contributed by atoms with Gasteiger partial charge in [0, 0.05) is 29.6 Å². The summed E-state index contributed by atoms with van der Waals surface area (Å²) >= 11 is 7.92. The first-order chi connectivity index (χ1) is 13.7.